The highest BCUT2D eigenvalue weighted by atomic mass is 31.2. The number of likely N-dealkylation sites (N-methyl/N-ethyl adjacent to an activating group) is 1. The van der Waals surface area contributed by atoms with Crippen molar-refractivity contribution in [3.63, 3.8) is 0 Å². The van der Waals surface area contributed by atoms with Crippen molar-refractivity contribution >= 4 is 19.7 Å². The molecule has 10 heteroatoms. The third kappa shape index (κ3) is 59.6. The first kappa shape index (κ1) is 76.2. The van der Waals surface area contributed by atoms with Crippen molar-refractivity contribution < 1.29 is 37.3 Å². The lowest BCUT2D eigenvalue weighted by Crippen LogP contribution is -2.47. The third-order valence-corrected chi connectivity index (χ3v) is 15.4. The Labute approximate surface area is 488 Å². The molecule has 0 fully saturated rings. The summed E-state index contributed by atoms with van der Waals surface area (Å²) in [7, 11) is 1.48. The molecule has 0 saturated carbocycles. The van der Waals surface area contributed by atoms with Crippen LogP contribution in [0.1, 0.15) is 290 Å². The van der Waals surface area contributed by atoms with E-state index < -0.39 is 20.0 Å². The van der Waals surface area contributed by atoms with Gasteiger partial charge in [0.15, 0.2) is 0 Å². The van der Waals surface area contributed by atoms with Gasteiger partial charge in [-0.25, -0.2) is 4.57 Å². The number of nitrogens with one attached hydrogen (secondary N) is 1. The molecular weight excluding hydrogens is 1000 g/mol. The van der Waals surface area contributed by atoms with Gasteiger partial charge in [-0.3, -0.25) is 18.6 Å². The lowest BCUT2D eigenvalue weighted by Gasteiger charge is -2.27. The molecule has 79 heavy (non-hydrogen) atoms. The largest absolute Gasteiger partial charge is 0.472 e. The van der Waals surface area contributed by atoms with E-state index in [0.717, 1.165) is 89.9 Å². The highest BCUT2D eigenvalue weighted by Gasteiger charge is 2.30. The van der Waals surface area contributed by atoms with Crippen molar-refractivity contribution in [2.45, 2.75) is 303 Å². The van der Waals surface area contributed by atoms with Gasteiger partial charge in [0.25, 0.3) is 0 Å². The van der Waals surface area contributed by atoms with Gasteiger partial charge in [-0.05, 0) is 89.5 Å². The van der Waals surface area contributed by atoms with Crippen LogP contribution in [-0.2, 0) is 27.9 Å². The molecule has 0 aliphatic heterocycles. The zero-order valence-corrected chi connectivity index (χ0v) is 53.2. The summed E-state index contributed by atoms with van der Waals surface area (Å²) in [4.78, 5) is 37.8. The number of ether oxygens (including phenoxy) is 1. The number of unbranched alkanes of at least 4 members (excludes halogenated alkanes) is 33. The van der Waals surface area contributed by atoms with Crippen molar-refractivity contribution in [3.8, 4) is 0 Å². The maximum absolute atomic E-state index is 13.6. The first-order valence-corrected chi connectivity index (χ1v) is 34.4. The third-order valence-electron chi connectivity index (χ3n) is 14.4. The number of nitrogens with zero attached hydrogens (tertiary/aromatic N) is 1. The molecule has 0 bridgehead atoms. The van der Waals surface area contributed by atoms with E-state index >= 15 is 0 Å². The fourth-order valence-corrected chi connectivity index (χ4v) is 10.0. The summed E-state index contributed by atoms with van der Waals surface area (Å²) in [6.07, 6.45) is 77.3. The normalized spacial score (nSPS) is 14.2. The van der Waals surface area contributed by atoms with E-state index in [2.05, 4.69) is 99.0 Å². The number of allylic oxidation sites excluding steroid dienone is 13. The van der Waals surface area contributed by atoms with Crippen LogP contribution in [0.3, 0.4) is 0 Å². The predicted molar refractivity (Wildman–Crippen MR) is 341 cm³/mol. The lowest BCUT2D eigenvalue weighted by atomic mass is 10.0. The van der Waals surface area contributed by atoms with E-state index in [4.69, 9.17) is 13.8 Å². The number of rotatable bonds is 59. The highest BCUT2D eigenvalue weighted by molar-refractivity contribution is 7.47. The summed E-state index contributed by atoms with van der Waals surface area (Å²) in [5.74, 6) is -0.518. The van der Waals surface area contributed by atoms with Crippen LogP contribution in [0.15, 0.2) is 85.1 Å². The van der Waals surface area contributed by atoms with Gasteiger partial charge in [0.05, 0.1) is 33.8 Å². The van der Waals surface area contributed by atoms with Crippen LogP contribution < -0.4 is 5.32 Å². The molecule has 2 N–H and O–H groups in total. The molecule has 3 unspecified atom stereocenters. The molecule has 0 aliphatic carbocycles. The fourth-order valence-electron chi connectivity index (χ4n) is 9.30. The van der Waals surface area contributed by atoms with Gasteiger partial charge in [-0.15, -0.1) is 0 Å². The standard InChI is InChI=1S/C69H125N2O7P/c1-7-10-13-16-19-22-25-28-30-31-32-33-34-35-36-37-38-39-41-44-47-50-53-56-59-62-69(73)78-67(60-57-54-51-48-45-42-27-24-21-18-15-12-9-3)66(65-77-79(74,75)76-64-63-71(4,5)6)70-68(72)61-58-55-52-49-46-43-40-29-26-23-20-17-14-11-8-2/h11,14,17,19-20,22-23,26,28,30,32-33,57,60,66-67H,7-10,12-13,15-16,18,21,24-25,27,29,31,34-56,58-59,61-65H2,1-6H3,(H-,70,72,74,75)/p+1/b14-11+,20-17+,22-19-,26-23+,30-28-,33-32-,60-57-. The van der Waals surface area contributed by atoms with Crippen molar-refractivity contribution in [2.24, 2.45) is 0 Å². The zero-order valence-electron chi connectivity index (χ0n) is 52.3. The molecule has 0 radical (unpaired) electrons. The maximum atomic E-state index is 13.6. The molecule has 0 aromatic carbocycles. The number of phosphoric acid groups is 1. The number of phosphoric ester groups is 1. The van der Waals surface area contributed by atoms with Gasteiger partial charge in [-0.2, -0.15) is 0 Å². The lowest BCUT2D eigenvalue weighted by molar-refractivity contribution is -0.870. The maximum Gasteiger partial charge on any atom is 0.472 e. The average Bonchev–Trinajstić information content (AvgIpc) is 3.41. The summed E-state index contributed by atoms with van der Waals surface area (Å²) < 4.78 is 30.7. The summed E-state index contributed by atoms with van der Waals surface area (Å²) in [6.45, 7) is 6.86. The van der Waals surface area contributed by atoms with Gasteiger partial charge >= 0.3 is 13.8 Å². The van der Waals surface area contributed by atoms with E-state index in [1.807, 2.05) is 33.3 Å². The van der Waals surface area contributed by atoms with Crippen LogP contribution in [0.5, 0.6) is 0 Å². The van der Waals surface area contributed by atoms with Crippen LogP contribution in [0.25, 0.3) is 0 Å². The van der Waals surface area contributed by atoms with E-state index in [1.165, 1.54) is 167 Å². The average molecular weight is 1130 g/mol. The molecule has 3 atom stereocenters. The number of carbonyl (C=O) groups is 2. The SMILES string of the molecule is CC/C=C/C=C/C=C/CCCCCCCCCC(=O)NC(COP(=O)(O)OCC[N+](C)(C)C)C(/C=C\CCCCCCCCCCCCC)OC(=O)CCCCCCCCCCCCCC/C=C\C/C=C\C/C=C\CCCCC. The molecule has 0 spiro atoms. The highest BCUT2D eigenvalue weighted by Crippen LogP contribution is 2.43. The summed E-state index contributed by atoms with van der Waals surface area (Å²) in [5, 5.41) is 3.05. The van der Waals surface area contributed by atoms with Crippen LogP contribution in [-0.4, -0.2) is 74.3 Å². The van der Waals surface area contributed by atoms with E-state index in [-0.39, 0.29) is 31.5 Å². The Bertz CT molecular complexity index is 1630. The Kier molecular flexibility index (Phi) is 56.3. The summed E-state index contributed by atoms with van der Waals surface area (Å²) in [6, 6.07) is -0.859. The Morgan fingerprint density at radius 3 is 1.34 bits per heavy atom. The second kappa shape index (κ2) is 58.4. The first-order chi connectivity index (χ1) is 38.4. The molecule has 9 nitrogen and oxygen atoms in total. The van der Waals surface area contributed by atoms with Gasteiger partial charge in [0.1, 0.15) is 19.3 Å². The Hall–Kier alpha value is -2.81. The number of carbonyl (C=O) groups excluding carboxylic acids is 2. The van der Waals surface area contributed by atoms with Crippen LogP contribution >= 0.6 is 7.82 Å². The van der Waals surface area contributed by atoms with Crippen LogP contribution in [0, 0.1) is 0 Å². The molecule has 458 valence electrons. The van der Waals surface area contributed by atoms with Gasteiger partial charge in [0.2, 0.25) is 5.91 Å². The van der Waals surface area contributed by atoms with Crippen molar-refractivity contribution in [1.29, 1.82) is 0 Å². The van der Waals surface area contributed by atoms with E-state index in [9.17, 15) is 19.0 Å². The van der Waals surface area contributed by atoms with Crippen LogP contribution in [0.2, 0.25) is 0 Å². The van der Waals surface area contributed by atoms with Gasteiger partial charge < -0.3 is 19.4 Å². The molecule has 0 saturated heterocycles. The topological polar surface area (TPSA) is 111 Å². The number of hydrogen-bond donors (Lipinski definition) is 2. The number of hydrogen-bond acceptors (Lipinski definition) is 6. The smallest absolute Gasteiger partial charge is 0.456 e. The molecule has 1 amide bonds. The molecule has 0 aromatic rings. The van der Waals surface area contributed by atoms with E-state index in [1.54, 1.807) is 0 Å². The van der Waals surface area contributed by atoms with Gasteiger partial charge in [0, 0.05) is 12.8 Å². The van der Waals surface area contributed by atoms with Crippen molar-refractivity contribution in [1.82, 2.24) is 5.32 Å². The van der Waals surface area contributed by atoms with Crippen molar-refractivity contribution in [3.05, 3.63) is 85.1 Å². The molecule has 0 aliphatic rings. The Balaban J connectivity index is 5.15. The van der Waals surface area contributed by atoms with Gasteiger partial charge in [-0.1, -0.05) is 273 Å². The monoisotopic (exact) mass is 1130 g/mol. The molecule has 0 rings (SSSR count). The van der Waals surface area contributed by atoms with Crippen LogP contribution in [0.4, 0.5) is 0 Å². The fraction of sp³-hybridized carbons (Fsp3) is 0.768. The zero-order chi connectivity index (χ0) is 57.9. The number of quaternary nitrogens is 1. The first-order valence-electron chi connectivity index (χ1n) is 32.9. The summed E-state index contributed by atoms with van der Waals surface area (Å²) in [5.41, 5.74) is 0. The number of amides is 1. The molecule has 0 heterocycles. The quantitative estimate of drug-likeness (QED) is 0.0156. The second-order valence-corrected chi connectivity index (χ2v) is 24.8. The van der Waals surface area contributed by atoms with E-state index in [0.29, 0.717) is 17.4 Å². The minimum atomic E-state index is -4.46. The minimum absolute atomic E-state index is 0.0347. The Morgan fingerprint density at radius 2 is 0.861 bits per heavy atom. The summed E-state index contributed by atoms with van der Waals surface area (Å²) >= 11 is 0. The molecular formula is C69H126N2O7P+. The molecule has 0 aromatic heterocycles. The predicted octanol–water partition coefficient (Wildman–Crippen LogP) is 20.6. The van der Waals surface area contributed by atoms with Crippen molar-refractivity contribution in [2.75, 3.05) is 40.9 Å². The minimum Gasteiger partial charge on any atom is -0.456 e. The second-order valence-electron chi connectivity index (χ2n) is 23.3. The Morgan fingerprint density at radius 1 is 0.468 bits per heavy atom. The number of esters is 1.